The number of amides is 1. The van der Waals surface area contributed by atoms with Crippen molar-refractivity contribution in [1.82, 2.24) is 14.8 Å². The third-order valence-electron chi connectivity index (χ3n) is 6.89. The zero-order chi connectivity index (χ0) is 20.1. The molecule has 2 aliphatic heterocycles. The lowest BCUT2D eigenvalue weighted by Gasteiger charge is -2.36. The van der Waals surface area contributed by atoms with Gasteiger partial charge in [-0.3, -0.25) is 4.79 Å². The van der Waals surface area contributed by atoms with E-state index in [1.807, 2.05) is 35.9 Å². The topological polar surface area (TPSA) is 37.3 Å². The van der Waals surface area contributed by atoms with Crippen LogP contribution >= 0.6 is 0 Å². The van der Waals surface area contributed by atoms with Crippen LogP contribution < -0.4 is 5.32 Å². The first kappa shape index (κ1) is 18.4. The smallest absolute Gasteiger partial charge is 0.254 e. The minimum atomic E-state index is -0.277. The molecule has 1 aromatic heterocycles. The molecule has 3 heterocycles. The van der Waals surface area contributed by atoms with E-state index in [9.17, 15) is 9.18 Å². The SMILES string of the molecule is CN1[C@@H]2CC[C@H]1CC(NC(=O)c1c(-c3ccc(F)cc3)n(C)c3ccccc13)C2. The molecular weight excluding hydrogens is 365 g/mol. The molecule has 2 bridgehead atoms. The summed E-state index contributed by atoms with van der Waals surface area (Å²) >= 11 is 0. The molecule has 1 N–H and O–H groups in total. The van der Waals surface area contributed by atoms with Gasteiger partial charge < -0.3 is 14.8 Å². The van der Waals surface area contributed by atoms with E-state index >= 15 is 0 Å². The highest BCUT2D eigenvalue weighted by molar-refractivity contribution is 6.12. The van der Waals surface area contributed by atoms with Crippen LogP contribution in [-0.2, 0) is 7.05 Å². The van der Waals surface area contributed by atoms with Crippen LogP contribution in [0.15, 0.2) is 48.5 Å². The van der Waals surface area contributed by atoms with Gasteiger partial charge in [0, 0.05) is 36.1 Å². The van der Waals surface area contributed by atoms with Crippen LogP contribution in [0.5, 0.6) is 0 Å². The Morgan fingerprint density at radius 1 is 1.00 bits per heavy atom. The molecule has 29 heavy (non-hydrogen) atoms. The Kier molecular flexibility index (Phi) is 4.43. The average Bonchev–Trinajstić information content (AvgIpc) is 3.11. The second kappa shape index (κ2) is 6.99. The van der Waals surface area contributed by atoms with Crippen LogP contribution in [0.4, 0.5) is 4.39 Å². The lowest BCUT2D eigenvalue weighted by Crippen LogP contribution is -2.48. The summed E-state index contributed by atoms with van der Waals surface area (Å²) in [7, 11) is 4.17. The first-order valence-corrected chi connectivity index (χ1v) is 10.4. The highest BCUT2D eigenvalue weighted by Gasteiger charge is 2.39. The Morgan fingerprint density at radius 2 is 1.66 bits per heavy atom. The van der Waals surface area contributed by atoms with Crippen LogP contribution in [0.2, 0.25) is 0 Å². The van der Waals surface area contributed by atoms with E-state index in [1.54, 1.807) is 12.1 Å². The van der Waals surface area contributed by atoms with Crippen LogP contribution in [-0.4, -0.2) is 40.5 Å². The van der Waals surface area contributed by atoms with Crippen molar-refractivity contribution in [3.63, 3.8) is 0 Å². The molecule has 3 aromatic rings. The number of aryl methyl sites for hydroxylation is 1. The van der Waals surface area contributed by atoms with Crippen molar-refractivity contribution >= 4 is 16.8 Å². The molecule has 3 atom stereocenters. The molecule has 0 spiro atoms. The number of aromatic nitrogens is 1. The average molecular weight is 391 g/mol. The van der Waals surface area contributed by atoms with E-state index in [2.05, 4.69) is 17.3 Å². The van der Waals surface area contributed by atoms with Gasteiger partial charge in [-0.25, -0.2) is 4.39 Å². The highest BCUT2D eigenvalue weighted by atomic mass is 19.1. The number of rotatable bonds is 3. The Balaban J connectivity index is 1.54. The van der Waals surface area contributed by atoms with E-state index in [4.69, 9.17) is 0 Å². The first-order valence-electron chi connectivity index (χ1n) is 10.4. The lowest BCUT2D eigenvalue weighted by atomic mass is 9.97. The number of hydrogen-bond acceptors (Lipinski definition) is 2. The van der Waals surface area contributed by atoms with Crippen molar-refractivity contribution < 1.29 is 9.18 Å². The van der Waals surface area contributed by atoms with Gasteiger partial charge >= 0.3 is 0 Å². The fraction of sp³-hybridized carbons (Fsp3) is 0.375. The molecule has 1 amide bonds. The van der Waals surface area contributed by atoms with Gasteiger partial charge in [-0.2, -0.15) is 0 Å². The molecule has 2 aromatic carbocycles. The minimum absolute atomic E-state index is 0.0323. The second-order valence-electron chi connectivity index (χ2n) is 8.50. The summed E-state index contributed by atoms with van der Waals surface area (Å²) in [6.45, 7) is 0. The van der Waals surface area contributed by atoms with Crippen LogP contribution in [0.3, 0.4) is 0 Å². The van der Waals surface area contributed by atoms with E-state index in [0.29, 0.717) is 17.6 Å². The third-order valence-corrected chi connectivity index (χ3v) is 6.89. The lowest BCUT2D eigenvalue weighted by molar-refractivity contribution is 0.0884. The van der Waals surface area contributed by atoms with Crippen molar-refractivity contribution in [2.75, 3.05) is 7.05 Å². The molecule has 1 unspecified atom stereocenters. The Labute approximate surface area is 170 Å². The molecule has 150 valence electrons. The van der Waals surface area contributed by atoms with Gasteiger partial charge in [-0.1, -0.05) is 18.2 Å². The van der Waals surface area contributed by atoms with E-state index in [0.717, 1.165) is 35.0 Å². The summed E-state index contributed by atoms with van der Waals surface area (Å²) in [5.41, 5.74) is 3.36. The number of fused-ring (bicyclic) bond motifs is 3. The molecule has 2 saturated heterocycles. The Bertz CT molecular complexity index is 1060. The number of benzene rings is 2. The summed E-state index contributed by atoms with van der Waals surface area (Å²) < 4.78 is 15.5. The molecular formula is C24H26FN3O. The monoisotopic (exact) mass is 391 g/mol. The Hall–Kier alpha value is -2.66. The van der Waals surface area contributed by atoms with Gasteiger partial charge in [-0.05, 0) is 68.6 Å². The number of nitrogens with zero attached hydrogens (tertiary/aromatic N) is 2. The van der Waals surface area contributed by atoms with Crippen LogP contribution in [0.25, 0.3) is 22.2 Å². The van der Waals surface area contributed by atoms with E-state index in [-0.39, 0.29) is 17.8 Å². The van der Waals surface area contributed by atoms with Crippen molar-refractivity contribution in [2.24, 2.45) is 7.05 Å². The van der Waals surface area contributed by atoms with Gasteiger partial charge in [0.25, 0.3) is 5.91 Å². The molecule has 0 saturated carbocycles. The van der Waals surface area contributed by atoms with Gasteiger partial charge in [-0.15, -0.1) is 0 Å². The fourth-order valence-electron chi connectivity index (χ4n) is 5.36. The zero-order valence-corrected chi connectivity index (χ0v) is 16.9. The van der Waals surface area contributed by atoms with Crippen molar-refractivity contribution in [2.45, 2.75) is 43.8 Å². The Morgan fingerprint density at radius 3 is 2.34 bits per heavy atom. The number of nitrogens with one attached hydrogen (secondary N) is 1. The van der Waals surface area contributed by atoms with Crippen LogP contribution in [0.1, 0.15) is 36.0 Å². The van der Waals surface area contributed by atoms with Crippen molar-refractivity contribution in [3.05, 3.63) is 59.9 Å². The molecule has 5 rings (SSSR count). The van der Waals surface area contributed by atoms with Crippen molar-refractivity contribution in [3.8, 4) is 11.3 Å². The zero-order valence-electron chi connectivity index (χ0n) is 16.9. The molecule has 2 aliphatic rings. The van der Waals surface area contributed by atoms with Gasteiger partial charge in [0.2, 0.25) is 0 Å². The quantitative estimate of drug-likeness (QED) is 0.721. The number of para-hydroxylation sites is 1. The highest BCUT2D eigenvalue weighted by Crippen LogP contribution is 2.36. The number of hydrogen-bond donors (Lipinski definition) is 1. The predicted molar refractivity (Wildman–Crippen MR) is 113 cm³/mol. The van der Waals surface area contributed by atoms with Gasteiger partial charge in [0.1, 0.15) is 5.82 Å². The second-order valence-corrected chi connectivity index (χ2v) is 8.50. The summed E-state index contributed by atoms with van der Waals surface area (Å²) in [5.74, 6) is -0.310. The summed E-state index contributed by atoms with van der Waals surface area (Å²) in [6, 6.07) is 15.7. The molecule has 0 aliphatic carbocycles. The molecule has 5 heteroatoms. The summed E-state index contributed by atoms with van der Waals surface area (Å²) in [6.07, 6.45) is 4.47. The summed E-state index contributed by atoms with van der Waals surface area (Å²) in [5, 5.41) is 4.26. The third kappa shape index (κ3) is 3.04. The van der Waals surface area contributed by atoms with E-state index in [1.165, 1.54) is 25.0 Å². The van der Waals surface area contributed by atoms with Gasteiger partial charge in [0.05, 0.1) is 11.3 Å². The number of carbonyl (C=O) groups is 1. The first-order chi connectivity index (χ1) is 14.0. The van der Waals surface area contributed by atoms with Crippen LogP contribution in [0, 0.1) is 5.82 Å². The maximum atomic E-state index is 13.5. The standard InChI is InChI=1S/C24H26FN3O/c1-27-18-11-12-19(27)14-17(13-18)26-24(29)22-20-5-3-4-6-21(20)28(2)23(22)15-7-9-16(25)10-8-15/h3-10,17-19H,11-14H2,1-2H3,(H,26,29)/t17?,18-,19+. The fourth-order valence-corrected chi connectivity index (χ4v) is 5.36. The molecule has 2 fully saturated rings. The number of halogens is 1. The maximum Gasteiger partial charge on any atom is 0.254 e. The number of piperidine rings is 1. The number of carbonyl (C=O) groups excluding carboxylic acids is 1. The van der Waals surface area contributed by atoms with Gasteiger partial charge in [0.15, 0.2) is 0 Å². The normalized spacial score (nSPS) is 24.2. The molecule has 4 nitrogen and oxygen atoms in total. The van der Waals surface area contributed by atoms with E-state index < -0.39 is 0 Å². The summed E-state index contributed by atoms with van der Waals surface area (Å²) in [4.78, 5) is 16.0. The predicted octanol–water partition coefficient (Wildman–Crippen LogP) is 4.34. The molecule has 0 radical (unpaired) electrons. The largest absolute Gasteiger partial charge is 0.349 e. The maximum absolute atomic E-state index is 13.5. The van der Waals surface area contributed by atoms with Crippen molar-refractivity contribution in [1.29, 1.82) is 0 Å². The minimum Gasteiger partial charge on any atom is -0.349 e.